The van der Waals surface area contributed by atoms with Crippen LogP contribution in [-0.2, 0) is 14.3 Å². The Kier molecular flexibility index (Phi) is 5.85. The highest BCUT2D eigenvalue weighted by Crippen LogP contribution is 2.05. The molecule has 1 aliphatic heterocycles. The van der Waals surface area contributed by atoms with Crippen LogP contribution in [0.25, 0.3) is 0 Å². The Morgan fingerprint density at radius 1 is 1.56 bits per heavy atom. The maximum absolute atomic E-state index is 11.5. The highest BCUT2D eigenvalue weighted by atomic mass is 16.5. The number of esters is 1. The summed E-state index contributed by atoms with van der Waals surface area (Å²) in [5, 5.41) is 5.93. The molecule has 1 aliphatic rings. The van der Waals surface area contributed by atoms with E-state index in [1.165, 1.54) is 0 Å². The Bertz CT molecular complexity index is 243. The standard InChI is InChI=1S/C11H20N2O3/c1-2-16-10(14)6-8-12-9-5-3-4-7-13-11(9)15/h9,12H,2-8H2,1H3,(H,13,15). The Hall–Kier alpha value is -1.10. The van der Waals surface area contributed by atoms with E-state index in [9.17, 15) is 9.59 Å². The molecule has 0 aromatic rings. The van der Waals surface area contributed by atoms with E-state index in [2.05, 4.69) is 10.6 Å². The fraction of sp³-hybridized carbons (Fsp3) is 0.818. The first-order chi connectivity index (χ1) is 7.74. The van der Waals surface area contributed by atoms with Crippen molar-refractivity contribution < 1.29 is 14.3 Å². The lowest BCUT2D eigenvalue weighted by Crippen LogP contribution is -2.43. The van der Waals surface area contributed by atoms with E-state index in [1.807, 2.05) is 0 Å². The number of hydrogen-bond acceptors (Lipinski definition) is 4. The molecule has 1 heterocycles. The molecule has 0 saturated carbocycles. The second kappa shape index (κ2) is 7.22. The quantitative estimate of drug-likeness (QED) is 0.660. The summed E-state index contributed by atoms with van der Waals surface area (Å²) in [6, 6.07) is -0.156. The van der Waals surface area contributed by atoms with Gasteiger partial charge in [-0.05, 0) is 26.2 Å². The Balaban J connectivity index is 2.20. The summed E-state index contributed by atoms with van der Waals surface area (Å²) >= 11 is 0. The molecule has 2 N–H and O–H groups in total. The summed E-state index contributed by atoms with van der Waals surface area (Å²) in [6.07, 6.45) is 3.23. The predicted octanol–water partition coefficient (Wildman–Crippen LogP) is 0.198. The highest BCUT2D eigenvalue weighted by Gasteiger charge is 2.19. The number of nitrogens with one attached hydrogen (secondary N) is 2. The van der Waals surface area contributed by atoms with Crippen LogP contribution in [0.4, 0.5) is 0 Å². The van der Waals surface area contributed by atoms with Gasteiger partial charge in [-0.25, -0.2) is 0 Å². The molecule has 0 aromatic heterocycles. The molecule has 1 saturated heterocycles. The van der Waals surface area contributed by atoms with E-state index in [0.29, 0.717) is 19.6 Å². The lowest BCUT2D eigenvalue weighted by molar-refractivity contribution is -0.143. The summed E-state index contributed by atoms with van der Waals surface area (Å²) < 4.78 is 4.80. The number of amides is 1. The van der Waals surface area contributed by atoms with Crippen molar-refractivity contribution in [2.24, 2.45) is 0 Å². The second-order valence-corrected chi connectivity index (χ2v) is 3.85. The van der Waals surface area contributed by atoms with Crippen LogP contribution in [0.3, 0.4) is 0 Å². The number of rotatable bonds is 5. The minimum Gasteiger partial charge on any atom is -0.466 e. The van der Waals surface area contributed by atoms with Gasteiger partial charge in [-0.1, -0.05) is 0 Å². The van der Waals surface area contributed by atoms with Crippen LogP contribution in [0.15, 0.2) is 0 Å². The van der Waals surface area contributed by atoms with Gasteiger partial charge in [0.1, 0.15) is 0 Å². The smallest absolute Gasteiger partial charge is 0.307 e. The van der Waals surface area contributed by atoms with Crippen molar-refractivity contribution in [2.45, 2.75) is 38.6 Å². The Morgan fingerprint density at radius 2 is 2.38 bits per heavy atom. The lowest BCUT2D eigenvalue weighted by Gasteiger charge is -2.14. The monoisotopic (exact) mass is 228 g/mol. The number of carbonyl (C=O) groups excluding carboxylic acids is 2. The summed E-state index contributed by atoms with van der Waals surface area (Å²) in [7, 11) is 0. The third kappa shape index (κ3) is 4.61. The van der Waals surface area contributed by atoms with Gasteiger partial charge < -0.3 is 15.4 Å². The van der Waals surface area contributed by atoms with Gasteiger partial charge in [0, 0.05) is 13.1 Å². The molecule has 92 valence electrons. The van der Waals surface area contributed by atoms with E-state index in [1.54, 1.807) is 6.92 Å². The van der Waals surface area contributed by atoms with Gasteiger partial charge in [-0.15, -0.1) is 0 Å². The average molecular weight is 228 g/mol. The zero-order chi connectivity index (χ0) is 11.8. The molecule has 1 amide bonds. The first kappa shape index (κ1) is 13.0. The molecule has 0 aromatic carbocycles. The average Bonchev–Trinajstić information content (AvgIpc) is 2.45. The Morgan fingerprint density at radius 3 is 3.12 bits per heavy atom. The van der Waals surface area contributed by atoms with E-state index >= 15 is 0 Å². The summed E-state index contributed by atoms with van der Waals surface area (Å²) in [6.45, 7) is 3.44. The van der Waals surface area contributed by atoms with Crippen molar-refractivity contribution in [3.63, 3.8) is 0 Å². The van der Waals surface area contributed by atoms with Gasteiger partial charge in [0.2, 0.25) is 5.91 Å². The van der Waals surface area contributed by atoms with Gasteiger partial charge in [-0.2, -0.15) is 0 Å². The normalized spacial score (nSPS) is 21.1. The van der Waals surface area contributed by atoms with Crippen molar-refractivity contribution in [1.29, 1.82) is 0 Å². The van der Waals surface area contributed by atoms with E-state index in [4.69, 9.17) is 4.74 Å². The third-order valence-corrected chi connectivity index (χ3v) is 2.56. The molecular weight excluding hydrogens is 208 g/mol. The molecule has 5 nitrogen and oxygen atoms in total. The minimum absolute atomic E-state index is 0.0429. The van der Waals surface area contributed by atoms with Crippen molar-refractivity contribution in [3.05, 3.63) is 0 Å². The minimum atomic E-state index is -0.218. The summed E-state index contributed by atoms with van der Waals surface area (Å²) in [5.74, 6) is -0.176. The molecular formula is C11H20N2O3. The number of hydrogen-bond donors (Lipinski definition) is 2. The largest absolute Gasteiger partial charge is 0.466 e. The molecule has 0 aliphatic carbocycles. The highest BCUT2D eigenvalue weighted by molar-refractivity contribution is 5.82. The zero-order valence-corrected chi connectivity index (χ0v) is 9.75. The van der Waals surface area contributed by atoms with Gasteiger partial charge in [0.15, 0.2) is 0 Å². The number of carbonyl (C=O) groups is 2. The maximum Gasteiger partial charge on any atom is 0.307 e. The molecule has 1 atom stereocenters. The molecule has 5 heteroatoms. The Labute approximate surface area is 95.9 Å². The second-order valence-electron chi connectivity index (χ2n) is 3.85. The van der Waals surface area contributed by atoms with Crippen LogP contribution >= 0.6 is 0 Å². The van der Waals surface area contributed by atoms with Crippen molar-refractivity contribution in [1.82, 2.24) is 10.6 Å². The molecule has 1 unspecified atom stereocenters. The van der Waals surface area contributed by atoms with Gasteiger partial charge in [0.25, 0.3) is 0 Å². The first-order valence-electron chi connectivity index (χ1n) is 5.90. The van der Waals surface area contributed by atoms with Crippen LogP contribution in [0.2, 0.25) is 0 Å². The van der Waals surface area contributed by atoms with E-state index in [0.717, 1.165) is 25.8 Å². The van der Waals surface area contributed by atoms with Gasteiger partial charge in [-0.3, -0.25) is 9.59 Å². The lowest BCUT2D eigenvalue weighted by atomic mass is 10.1. The van der Waals surface area contributed by atoms with Crippen LogP contribution in [0.5, 0.6) is 0 Å². The molecule has 1 rings (SSSR count). The zero-order valence-electron chi connectivity index (χ0n) is 9.75. The predicted molar refractivity (Wildman–Crippen MR) is 59.9 cm³/mol. The molecule has 0 radical (unpaired) electrons. The molecule has 16 heavy (non-hydrogen) atoms. The van der Waals surface area contributed by atoms with Crippen molar-refractivity contribution in [2.75, 3.05) is 19.7 Å². The third-order valence-electron chi connectivity index (χ3n) is 2.56. The number of ether oxygens (including phenoxy) is 1. The summed E-state index contributed by atoms with van der Waals surface area (Å²) in [5.41, 5.74) is 0. The van der Waals surface area contributed by atoms with Crippen molar-refractivity contribution in [3.8, 4) is 0 Å². The van der Waals surface area contributed by atoms with Crippen LogP contribution in [-0.4, -0.2) is 37.6 Å². The van der Waals surface area contributed by atoms with Crippen LogP contribution < -0.4 is 10.6 Å². The molecule has 0 spiro atoms. The fourth-order valence-electron chi connectivity index (χ4n) is 1.72. The van der Waals surface area contributed by atoms with Gasteiger partial charge in [0.05, 0.1) is 19.1 Å². The maximum atomic E-state index is 11.5. The van der Waals surface area contributed by atoms with E-state index in [-0.39, 0.29) is 17.9 Å². The molecule has 0 bridgehead atoms. The summed E-state index contributed by atoms with van der Waals surface area (Å²) in [4.78, 5) is 22.6. The topological polar surface area (TPSA) is 67.4 Å². The van der Waals surface area contributed by atoms with Crippen LogP contribution in [0, 0.1) is 0 Å². The fourth-order valence-corrected chi connectivity index (χ4v) is 1.72. The van der Waals surface area contributed by atoms with Crippen LogP contribution in [0.1, 0.15) is 32.6 Å². The first-order valence-corrected chi connectivity index (χ1v) is 5.90. The van der Waals surface area contributed by atoms with Gasteiger partial charge >= 0.3 is 5.97 Å². The molecule has 1 fully saturated rings. The SMILES string of the molecule is CCOC(=O)CCNC1CCCCNC1=O. The van der Waals surface area contributed by atoms with E-state index < -0.39 is 0 Å². The van der Waals surface area contributed by atoms with Crippen molar-refractivity contribution >= 4 is 11.9 Å².